The molecule has 0 aromatic carbocycles. The number of aryl methyl sites for hydroxylation is 1. The number of aliphatic hydroxyl groups excluding tert-OH is 1. The molecule has 1 N–H and O–H groups in total. The first kappa shape index (κ1) is 18.2. The van der Waals surface area contributed by atoms with Gasteiger partial charge in [0.1, 0.15) is 6.61 Å². The predicted molar refractivity (Wildman–Crippen MR) is 73.3 cm³/mol. The topological polar surface area (TPSA) is 51.6 Å². The maximum absolute atomic E-state index is 11.8. The van der Waals surface area contributed by atoms with E-state index in [0.29, 0.717) is 18.1 Å². The molecule has 0 amide bonds. The Morgan fingerprint density at radius 3 is 2.57 bits per heavy atom. The maximum Gasteiger partial charge on any atom is 0.411 e. The second-order valence-electron chi connectivity index (χ2n) is 4.22. The van der Waals surface area contributed by atoms with Gasteiger partial charge in [0.2, 0.25) is 0 Å². The lowest BCUT2D eigenvalue weighted by atomic mass is 10.3. The highest BCUT2D eigenvalue weighted by Gasteiger charge is 2.27. The molecule has 0 aliphatic rings. The molecular weight excluding hydrogens is 307 g/mol. The highest BCUT2D eigenvalue weighted by molar-refractivity contribution is 7.99. The van der Waals surface area contributed by atoms with Gasteiger partial charge in [-0.25, -0.2) is 0 Å². The predicted octanol–water partition coefficient (Wildman–Crippen LogP) is 2.57. The van der Waals surface area contributed by atoms with E-state index in [9.17, 15) is 13.2 Å². The number of hydrogen-bond acceptors (Lipinski definition) is 5. The Morgan fingerprint density at radius 1 is 1.19 bits per heavy atom. The fraction of sp³-hybridized carbons (Fsp3) is 0.615. The van der Waals surface area contributed by atoms with Crippen molar-refractivity contribution in [3.8, 4) is 0 Å². The molecule has 8 heteroatoms. The highest BCUT2D eigenvalue weighted by Crippen LogP contribution is 2.19. The van der Waals surface area contributed by atoms with Gasteiger partial charge in [-0.15, -0.1) is 11.8 Å². The van der Waals surface area contributed by atoms with Crippen LogP contribution in [0.1, 0.15) is 11.4 Å². The first-order valence-corrected chi connectivity index (χ1v) is 7.33. The molecular formula is C13H18F3NO3S. The van der Waals surface area contributed by atoms with Crippen molar-refractivity contribution < 1.29 is 27.8 Å². The average molecular weight is 325 g/mol. The molecule has 0 fully saturated rings. The number of rotatable bonds is 9. The summed E-state index contributed by atoms with van der Waals surface area (Å²) in [6, 6.07) is 3.69. The van der Waals surface area contributed by atoms with E-state index in [1.54, 1.807) is 6.07 Å². The number of pyridine rings is 1. The number of ether oxygens (including phenoxy) is 2. The number of aliphatic hydroxyl groups is 1. The van der Waals surface area contributed by atoms with Gasteiger partial charge in [-0.05, 0) is 19.1 Å². The highest BCUT2D eigenvalue weighted by atomic mass is 32.2. The van der Waals surface area contributed by atoms with Gasteiger partial charge in [-0.2, -0.15) is 13.2 Å². The van der Waals surface area contributed by atoms with Crippen LogP contribution in [-0.2, 0) is 16.1 Å². The van der Waals surface area contributed by atoms with Gasteiger partial charge in [0, 0.05) is 16.3 Å². The van der Waals surface area contributed by atoms with Crippen molar-refractivity contribution in [1.82, 2.24) is 4.98 Å². The zero-order chi connectivity index (χ0) is 15.7. The van der Waals surface area contributed by atoms with Crippen LogP contribution < -0.4 is 0 Å². The first-order chi connectivity index (χ1) is 9.90. The molecule has 0 atom stereocenters. The first-order valence-electron chi connectivity index (χ1n) is 6.34. The Hall–Kier alpha value is -0.830. The second kappa shape index (κ2) is 9.24. The minimum Gasteiger partial charge on any atom is -0.390 e. The quantitative estimate of drug-likeness (QED) is 0.559. The van der Waals surface area contributed by atoms with Gasteiger partial charge in [0.05, 0.1) is 32.1 Å². The molecule has 0 aliphatic heterocycles. The fourth-order valence-electron chi connectivity index (χ4n) is 1.49. The van der Waals surface area contributed by atoms with E-state index in [1.807, 2.05) is 13.0 Å². The van der Waals surface area contributed by atoms with Crippen LogP contribution in [0.2, 0.25) is 0 Å². The molecule has 0 saturated heterocycles. The van der Waals surface area contributed by atoms with Gasteiger partial charge in [-0.3, -0.25) is 4.98 Å². The SMILES string of the molecule is Cc1cc(SCCOCCOCC(F)(F)F)cc(CO)n1. The van der Waals surface area contributed by atoms with Crippen LogP contribution in [0.25, 0.3) is 0 Å². The van der Waals surface area contributed by atoms with E-state index in [1.165, 1.54) is 11.8 Å². The van der Waals surface area contributed by atoms with Gasteiger partial charge in [0.15, 0.2) is 0 Å². The van der Waals surface area contributed by atoms with Crippen LogP contribution >= 0.6 is 11.8 Å². The van der Waals surface area contributed by atoms with E-state index in [-0.39, 0.29) is 19.8 Å². The normalized spacial score (nSPS) is 11.9. The lowest BCUT2D eigenvalue weighted by molar-refractivity contribution is -0.176. The Kier molecular flexibility index (Phi) is 8.02. The van der Waals surface area contributed by atoms with Gasteiger partial charge < -0.3 is 14.6 Å². The van der Waals surface area contributed by atoms with Crippen LogP contribution in [0.3, 0.4) is 0 Å². The molecule has 21 heavy (non-hydrogen) atoms. The zero-order valence-corrected chi connectivity index (χ0v) is 12.5. The summed E-state index contributed by atoms with van der Waals surface area (Å²) in [6.07, 6.45) is -4.29. The van der Waals surface area contributed by atoms with Crippen molar-refractivity contribution in [3.05, 3.63) is 23.5 Å². The summed E-state index contributed by atoms with van der Waals surface area (Å²) < 4.78 is 44.9. The minimum absolute atomic E-state index is 0.0762. The molecule has 0 saturated carbocycles. The third-order valence-electron chi connectivity index (χ3n) is 2.28. The van der Waals surface area contributed by atoms with Gasteiger partial charge >= 0.3 is 6.18 Å². The summed E-state index contributed by atoms with van der Waals surface area (Å²) >= 11 is 1.54. The molecule has 1 rings (SSSR count). The van der Waals surface area contributed by atoms with E-state index in [0.717, 1.165) is 10.6 Å². The summed E-state index contributed by atoms with van der Waals surface area (Å²) in [5.41, 5.74) is 1.43. The van der Waals surface area contributed by atoms with Crippen molar-refractivity contribution in [2.75, 3.05) is 32.2 Å². The van der Waals surface area contributed by atoms with Gasteiger partial charge in [-0.1, -0.05) is 0 Å². The molecule has 0 aliphatic carbocycles. The van der Waals surface area contributed by atoms with E-state index >= 15 is 0 Å². The van der Waals surface area contributed by atoms with Crippen molar-refractivity contribution in [2.24, 2.45) is 0 Å². The van der Waals surface area contributed by atoms with Crippen molar-refractivity contribution >= 4 is 11.8 Å². The van der Waals surface area contributed by atoms with E-state index in [2.05, 4.69) is 9.72 Å². The Labute approximate surface area is 125 Å². The van der Waals surface area contributed by atoms with Crippen molar-refractivity contribution in [2.45, 2.75) is 24.6 Å². The number of thioether (sulfide) groups is 1. The van der Waals surface area contributed by atoms with Crippen LogP contribution in [0.15, 0.2) is 17.0 Å². The second-order valence-corrected chi connectivity index (χ2v) is 5.39. The molecule has 0 unspecified atom stereocenters. The lowest BCUT2D eigenvalue weighted by Crippen LogP contribution is -2.19. The number of halogens is 3. The minimum atomic E-state index is -4.29. The molecule has 4 nitrogen and oxygen atoms in total. The molecule has 0 radical (unpaired) electrons. The molecule has 1 aromatic rings. The number of nitrogens with zero attached hydrogens (tertiary/aromatic N) is 1. The number of alkyl halides is 3. The van der Waals surface area contributed by atoms with Crippen LogP contribution in [-0.4, -0.2) is 48.4 Å². The molecule has 120 valence electrons. The Morgan fingerprint density at radius 2 is 1.90 bits per heavy atom. The largest absolute Gasteiger partial charge is 0.411 e. The molecule has 0 spiro atoms. The zero-order valence-electron chi connectivity index (χ0n) is 11.7. The molecule has 1 aromatic heterocycles. The van der Waals surface area contributed by atoms with Crippen molar-refractivity contribution in [1.29, 1.82) is 0 Å². The van der Waals surface area contributed by atoms with Crippen LogP contribution in [0.5, 0.6) is 0 Å². The summed E-state index contributed by atoms with van der Waals surface area (Å²) in [4.78, 5) is 5.12. The molecule has 0 bridgehead atoms. The van der Waals surface area contributed by atoms with E-state index < -0.39 is 12.8 Å². The number of aromatic nitrogens is 1. The summed E-state index contributed by atoms with van der Waals surface area (Å²) in [5.74, 6) is 0.660. The maximum atomic E-state index is 11.8. The Bertz CT molecular complexity index is 430. The average Bonchev–Trinajstić information content (AvgIpc) is 2.40. The standard InChI is InChI=1S/C13H18F3NO3S/c1-10-6-12(7-11(8-18)17-10)21-5-4-19-2-3-20-9-13(14,15)16/h6-7,18H,2-5,8-9H2,1H3. The lowest BCUT2D eigenvalue weighted by Gasteiger charge is -2.08. The van der Waals surface area contributed by atoms with Crippen LogP contribution in [0, 0.1) is 6.92 Å². The monoisotopic (exact) mass is 325 g/mol. The van der Waals surface area contributed by atoms with E-state index in [4.69, 9.17) is 9.84 Å². The third kappa shape index (κ3) is 8.92. The fourth-order valence-corrected chi connectivity index (χ4v) is 2.40. The smallest absolute Gasteiger partial charge is 0.390 e. The summed E-state index contributed by atoms with van der Waals surface area (Å²) in [5, 5.41) is 9.05. The molecule has 1 heterocycles. The number of hydrogen-bond donors (Lipinski definition) is 1. The third-order valence-corrected chi connectivity index (χ3v) is 3.22. The van der Waals surface area contributed by atoms with Crippen LogP contribution in [0.4, 0.5) is 13.2 Å². The summed E-state index contributed by atoms with van der Waals surface area (Å²) in [6.45, 7) is 0.961. The Balaban J connectivity index is 2.10. The van der Waals surface area contributed by atoms with Gasteiger partial charge in [0.25, 0.3) is 0 Å². The van der Waals surface area contributed by atoms with Crippen molar-refractivity contribution in [3.63, 3.8) is 0 Å². The summed E-state index contributed by atoms with van der Waals surface area (Å²) in [7, 11) is 0.